The number of piperazine rings is 1. The predicted molar refractivity (Wildman–Crippen MR) is 92.7 cm³/mol. The van der Waals surface area contributed by atoms with E-state index in [1.165, 1.54) is 0 Å². The molecule has 0 aliphatic carbocycles. The van der Waals surface area contributed by atoms with Crippen molar-refractivity contribution in [2.45, 2.75) is 6.04 Å². The molecule has 0 spiro atoms. The van der Waals surface area contributed by atoms with E-state index in [1.807, 2.05) is 35.2 Å². The van der Waals surface area contributed by atoms with Crippen LogP contribution in [0.4, 0.5) is 10.7 Å². The Hall–Kier alpha value is -3.00. The third-order valence-electron chi connectivity index (χ3n) is 4.12. The molecule has 1 aliphatic rings. The minimum Gasteiger partial charge on any atom is -0.351 e. The van der Waals surface area contributed by atoms with Crippen LogP contribution in [0.15, 0.2) is 48.8 Å². The second kappa shape index (κ2) is 7.71. The van der Waals surface area contributed by atoms with Crippen LogP contribution in [0.1, 0.15) is 11.6 Å². The van der Waals surface area contributed by atoms with Crippen molar-refractivity contribution in [1.29, 1.82) is 0 Å². The number of nitrogens with zero attached hydrogens (tertiary/aromatic N) is 4. The van der Waals surface area contributed by atoms with Crippen LogP contribution in [0.3, 0.4) is 0 Å². The number of imide groups is 1. The molecular formula is C17H20N6O2. The summed E-state index contributed by atoms with van der Waals surface area (Å²) in [6.07, 6.45) is 3.42. The summed E-state index contributed by atoms with van der Waals surface area (Å²) in [6.45, 7) is 2.67. The lowest BCUT2D eigenvalue weighted by Gasteiger charge is -2.38. The predicted octanol–water partition coefficient (Wildman–Crippen LogP) is 0.535. The average Bonchev–Trinajstić information content (AvgIpc) is 2.63. The zero-order valence-corrected chi connectivity index (χ0v) is 13.7. The highest BCUT2D eigenvalue weighted by molar-refractivity contribution is 5.96. The van der Waals surface area contributed by atoms with Crippen molar-refractivity contribution in [3.05, 3.63) is 54.4 Å². The number of nitrogens with two attached hydrogens (primary N) is 1. The maximum absolute atomic E-state index is 12.5. The Morgan fingerprint density at radius 2 is 1.64 bits per heavy atom. The molecule has 1 aromatic heterocycles. The van der Waals surface area contributed by atoms with E-state index in [2.05, 4.69) is 20.2 Å². The zero-order chi connectivity index (χ0) is 17.6. The van der Waals surface area contributed by atoms with Gasteiger partial charge in [0, 0.05) is 38.6 Å². The topological polar surface area (TPSA) is 104 Å². The van der Waals surface area contributed by atoms with Crippen LogP contribution in [0.5, 0.6) is 0 Å². The third kappa shape index (κ3) is 4.10. The van der Waals surface area contributed by atoms with Gasteiger partial charge < -0.3 is 10.6 Å². The first kappa shape index (κ1) is 16.8. The zero-order valence-electron chi connectivity index (χ0n) is 13.7. The lowest BCUT2D eigenvalue weighted by Crippen LogP contribution is -2.52. The minimum atomic E-state index is -0.845. The first-order valence-electron chi connectivity index (χ1n) is 8.06. The summed E-state index contributed by atoms with van der Waals surface area (Å²) in [5.41, 5.74) is 5.95. The molecule has 25 heavy (non-hydrogen) atoms. The fourth-order valence-corrected chi connectivity index (χ4v) is 2.99. The van der Waals surface area contributed by atoms with Crippen molar-refractivity contribution in [2.24, 2.45) is 5.73 Å². The molecule has 3 N–H and O–H groups in total. The molecule has 1 fully saturated rings. The molecule has 0 unspecified atom stereocenters. The van der Waals surface area contributed by atoms with Gasteiger partial charge in [0.2, 0.25) is 11.9 Å². The first-order chi connectivity index (χ1) is 12.1. The number of anilines is 1. The minimum absolute atomic E-state index is 0.414. The van der Waals surface area contributed by atoms with E-state index in [0.29, 0.717) is 32.1 Å². The molecule has 1 aromatic carbocycles. The van der Waals surface area contributed by atoms with E-state index in [1.54, 1.807) is 18.5 Å². The van der Waals surface area contributed by atoms with E-state index >= 15 is 0 Å². The molecule has 3 amide bonds. The largest absolute Gasteiger partial charge is 0.351 e. The highest BCUT2D eigenvalue weighted by Crippen LogP contribution is 2.23. The van der Waals surface area contributed by atoms with Gasteiger partial charge >= 0.3 is 6.03 Å². The van der Waals surface area contributed by atoms with Gasteiger partial charge in [0.25, 0.3) is 0 Å². The number of amides is 3. The van der Waals surface area contributed by atoms with E-state index in [0.717, 1.165) is 5.56 Å². The second-order valence-electron chi connectivity index (χ2n) is 5.74. The quantitative estimate of drug-likeness (QED) is 0.841. The number of primary amides is 1. The van der Waals surface area contributed by atoms with Crippen LogP contribution in [-0.2, 0) is 4.79 Å². The number of nitrogens with one attached hydrogen (secondary N) is 1. The molecule has 0 bridgehead atoms. The van der Waals surface area contributed by atoms with Crippen LogP contribution in [0.2, 0.25) is 0 Å². The summed E-state index contributed by atoms with van der Waals surface area (Å²) >= 11 is 0. The molecule has 2 heterocycles. The van der Waals surface area contributed by atoms with Crippen molar-refractivity contribution in [3.8, 4) is 0 Å². The lowest BCUT2D eigenvalue weighted by molar-refractivity contribution is -0.125. The summed E-state index contributed by atoms with van der Waals surface area (Å²) in [6, 6.07) is 9.74. The molecule has 130 valence electrons. The number of carbonyl (C=O) groups is 2. The molecule has 0 radical (unpaired) electrons. The number of hydrogen-bond donors (Lipinski definition) is 2. The fraction of sp³-hybridized carbons (Fsp3) is 0.294. The monoisotopic (exact) mass is 340 g/mol. The normalized spacial score (nSPS) is 16.2. The summed E-state index contributed by atoms with van der Waals surface area (Å²) in [7, 11) is 0. The summed E-state index contributed by atoms with van der Waals surface area (Å²) in [5.74, 6) is 0.267. The van der Waals surface area contributed by atoms with Crippen LogP contribution >= 0.6 is 0 Å². The Morgan fingerprint density at radius 3 is 2.24 bits per heavy atom. The Bertz CT molecular complexity index is 716. The molecule has 8 heteroatoms. The van der Waals surface area contributed by atoms with E-state index in [9.17, 15) is 9.59 Å². The van der Waals surface area contributed by atoms with Gasteiger partial charge in [0.15, 0.2) is 0 Å². The Kier molecular flexibility index (Phi) is 5.20. The summed E-state index contributed by atoms with van der Waals surface area (Å²) in [5, 5.41) is 2.20. The van der Waals surface area contributed by atoms with E-state index in [-0.39, 0.29) is 0 Å². The Balaban J connectivity index is 1.74. The lowest BCUT2D eigenvalue weighted by atomic mass is 10.0. The summed E-state index contributed by atoms with van der Waals surface area (Å²) < 4.78 is 0. The second-order valence-corrected chi connectivity index (χ2v) is 5.74. The first-order valence-corrected chi connectivity index (χ1v) is 8.06. The highest BCUT2D eigenvalue weighted by atomic mass is 16.2. The SMILES string of the molecule is NC(=O)NC(=O)[C@H](c1ccccc1)N1CCN(c2ncccn2)CC1. The smallest absolute Gasteiger partial charge is 0.318 e. The maximum atomic E-state index is 12.5. The van der Waals surface area contributed by atoms with Crippen molar-refractivity contribution >= 4 is 17.9 Å². The third-order valence-corrected chi connectivity index (χ3v) is 4.12. The average molecular weight is 340 g/mol. The van der Waals surface area contributed by atoms with Crippen molar-refractivity contribution in [2.75, 3.05) is 31.1 Å². The van der Waals surface area contributed by atoms with Gasteiger partial charge in [-0.05, 0) is 11.6 Å². The molecule has 8 nitrogen and oxygen atoms in total. The van der Waals surface area contributed by atoms with Crippen molar-refractivity contribution in [3.63, 3.8) is 0 Å². The van der Waals surface area contributed by atoms with Gasteiger partial charge in [-0.1, -0.05) is 30.3 Å². The van der Waals surface area contributed by atoms with Crippen LogP contribution in [0.25, 0.3) is 0 Å². The number of carbonyl (C=O) groups excluding carboxylic acids is 2. The summed E-state index contributed by atoms with van der Waals surface area (Å²) in [4.78, 5) is 36.3. The van der Waals surface area contributed by atoms with Crippen molar-refractivity contribution < 1.29 is 9.59 Å². The van der Waals surface area contributed by atoms with E-state index < -0.39 is 18.0 Å². The fourth-order valence-electron chi connectivity index (χ4n) is 2.99. The number of rotatable bonds is 4. The number of benzene rings is 1. The Labute approximate surface area is 145 Å². The standard InChI is InChI=1S/C17H20N6O2/c18-16(25)21-15(24)14(13-5-2-1-3-6-13)22-9-11-23(12-10-22)17-19-7-4-8-20-17/h1-8,14H,9-12H2,(H3,18,21,24,25)/t14-/m0/s1. The van der Waals surface area contributed by atoms with Crippen molar-refractivity contribution in [1.82, 2.24) is 20.2 Å². The number of hydrogen-bond acceptors (Lipinski definition) is 6. The van der Waals surface area contributed by atoms with Gasteiger partial charge in [0.05, 0.1) is 0 Å². The molecule has 1 aliphatic heterocycles. The van der Waals surface area contributed by atoms with Gasteiger partial charge in [0.1, 0.15) is 6.04 Å². The Morgan fingerprint density at radius 1 is 1.00 bits per heavy atom. The number of urea groups is 1. The van der Waals surface area contributed by atoms with Crippen LogP contribution in [-0.4, -0.2) is 53.0 Å². The van der Waals surface area contributed by atoms with E-state index in [4.69, 9.17) is 5.73 Å². The molecule has 1 atom stereocenters. The highest BCUT2D eigenvalue weighted by Gasteiger charge is 2.31. The molecule has 3 rings (SSSR count). The van der Waals surface area contributed by atoms with Crippen LogP contribution < -0.4 is 16.0 Å². The molecule has 1 saturated heterocycles. The molecular weight excluding hydrogens is 320 g/mol. The van der Waals surface area contributed by atoms with Gasteiger partial charge in [-0.15, -0.1) is 0 Å². The van der Waals surface area contributed by atoms with Gasteiger partial charge in [-0.3, -0.25) is 15.0 Å². The van der Waals surface area contributed by atoms with Crippen LogP contribution in [0, 0.1) is 0 Å². The molecule has 0 saturated carbocycles. The maximum Gasteiger partial charge on any atom is 0.318 e. The molecule has 2 aromatic rings. The van der Waals surface area contributed by atoms with Gasteiger partial charge in [-0.2, -0.15) is 0 Å². The number of aromatic nitrogens is 2. The van der Waals surface area contributed by atoms with Gasteiger partial charge in [-0.25, -0.2) is 14.8 Å².